The van der Waals surface area contributed by atoms with Crippen molar-refractivity contribution in [2.45, 2.75) is 53.5 Å². The lowest BCUT2D eigenvalue weighted by Crippen LogP contribution is -2.23. The van der Waals surface area contributed by atoms with Crippen LogP contribution in [-0.2, 0) is 6.54 Å². The van der Waals surface area contributed by atoms with Gasteiger partial charge in [-0.2, -0.15) is 0 Å². The van der Waals surface area contributed by atoms with Gasteiger partial charge >= 0.3 is 0 Å². The van der Waals surface area contributed by atoms with Gasteiger partial charge in [0.1, 0.15) is 11.5 Å². The number of rotatable bonds is 13. The van der Waals surface area contributed by atoms with Crippen molar-refractivity contribution in [2.24, 2.45) is 0 Å². The molecule has 178 valence electrons. The largest absolute Gasteiger partial charge is 0.494 e. The summed E-state index contributed by atoms with van der Waals surface area (Å²) in [7, 11) is 0. The van der Waals surface area contributed by atoms with Gasteiger partial charge in [0.05, 0.1) is 13.2 Å². The SMILES string of the molecule is CCCCCOc1ccc(NC(=S)Nc2ccc(OCC)c(CN(CC)CC)c2)cc1.Cl. The molecule has 5 nitrogen and oxygen atoms in total. The van der Waals surface area contributed by atoms with Crippen LogP contribution in [-0.4, -0.2) is 36.3 Å². The average Bonchev–Trinajstić information content (AvgIpc) is 2.77. The number of thiocarbonyl (C=S) groups is 1. The Morgan fingerprint density at radius 3 is 2.16 bits per heavy atom. The van der Waals surface area contributed by atoms with Crippen LogP contribution in [0.2, 0.25) is 0 Å². The van der Waals surface area contributed by atoms with E-state index < -0.39 is 0 Å². The van der Waals surface area contributed by atoms with E-state index in [0.717, 1.165) is 61.1 Å². The second-order valence-corrected chi connectivity index (χ2v) is 7.78. The van der Waals surface area contributed by atoms with Crippen molar-refractivity contribution >= 4 is 41.1 Å². The number of anilines is 2. The monoisotopic (exact) mass is 479 g/mol. The number of hydrogen-bond donors (Lipinski definition) is 2. The fourth-order valence-corrected chi connectivity index (χ4v) is 3.47. The van der Waals surface area contributed by atoms with Gasteiger partial charge in [-0.25, -0.2) is 0 Å². The summed E-state index contributed by atoms with van der Waals surface area (Å²) < 4.78 is 11.6. The third kappa shape index (κ3) is 9.63. The van der Waals surface area contributed by atoms with Gasteiger partial charge in [-0.1, -0.05) is 33.6 Å². The maximum absolute atomic E-state index is 5.82. The molecule has 0 radical (unpaired) electrons. The van der Waals surface area contributed by atoms with Crippen molar-refractivity contribution in [3.05, 3.63) is 48.0 Å². The molecule has 0 aliphatic heterocycles. The van der Waals surface area contributed by atoms with Crippen LogP contribution < -0.4 is 20.1 Å². The highest BCUT2D eigenvalue weighted by Gasteiger charge is 2.10. The first-order chi connectivity index (χ1) is 15.1. The van der Waals surface area contributed by atoms with Gasteiger partial charge in [0.2, 0.25) is 0 Å². The van der Waals surface area contributed by atoms with Gasteiger partial charge in [-0.3, -0.25) is 4.90 Å². The van der Waals surface area contributed by atoms with Gasteiger partial charge in [-0.05, 0) is 81.1 Å². The number of unbranched alkanes of at least 4 members (excludes halogenated alkanes) is 2. The molecule has 0 spiro atoms. The summed E-state index contributed by atoms with van der Waals surface area (Å²) in [6, 6.07) is 14.0. The fourth-order valence-electron chi connectivity index (χ4n) is 3.24. The van der Waals surface area contributed by atoms with E-state index in [0.29, 0.717) is 11.7 Å². The molecule has 0 aromatic heterocycles. The predicted octanol–water partition coefficient (Wildman–Crippen LogP) is 6.73. The van der Waals surface area contributed by atoms with Gasteiger partial charge in [0.15, 0.2) is 5.11 Å². The molecule has 2 rings (SSSR count). The molecule has 0 aliphatic carbocycles. The summed E-state index contributed by atoms with van der Waals surface area (Å²) in [6.45, 7) is 12.8. The molecule has 2 N–H and O–H groups in total. The standard InChI is InChI=1S/C25H37N3O2S.ClH/c1-5-9-10-17-30-23-14-11-21(12-15-23)26-25(31)27-22-13-16-24(29-8-4)20(18-22)19-28(6-2)7-3;/h11-16,18H,5-10,17,19H2,1-4H3,(H2,26,27,31);1H. The molecule has 0 unspecified atom stereocenters. The minimum atomic E-state index is 0. The molecule has 0 saturated heterocycles. The molecule has 0 amide bonds. The Balaban J connectivity index is 0.00000512. The first-order valence-corrected chi connectivity index (χ1v) is 11.8. The second-order valence-electron chi connectivity index (χ2n) is 7.38. The Morgan fingerprint density at radius 2 is 1.53 bits per heavy atom. The topological polar surface area (TPSA) is 45.8 Å². The van der Waals surface area contributed by atoms with E-state index in [1.807, 2.05) is 43.3 Å². The average molecular weight is 480 g/mol. The van der Waals surface area contributed by atoms with Crippen molar-refractivity contribution < 1.29 is 9.47 Å². The van der Waals surface area contributed by atoms with Crippen LogP contribution in [0.25, 0.3) is 0 Å². The second kappa shape index (κ2) is 15.7. The van der Waals surface area contributed by atoms with Crippen LogP contribution in [0.15, 0.2) is 42.5 Å². The maximum Gasteiger partial charge on any atom is 0.175 e. The summed E-state index contributed by atoms with van der Waals surface area (Å²) in [6.07, 6.45) is 3.48. The van der Waals surface area contributed by atoms with E-state index in [2.05, 4.69) is 42.4 Å². The minimum absolute atomic E-state index is 0. The number of benzene rings is 2. The molecule has 7 heteroatoms. The zero-order valence-electron chi connectivity index (χ0n) is 19.8. The summed E-state index contributed by atoms with van der Waals surface area (Å²) in [4.78, 5) is 2.37. The lowest BCUT2D eigenvalue weighted by molar-refractivity contribution is 0.282. The Labute approximate surface area is 205 Å². The molecule has 0 bridgehead atoms. The van der Waals surface area contributed by atoms with Crippen LogP contribution in [0, 0.1) is 0 Å². The number of nitrogens with one attached hydrogen (secondary N) is 2. The molecule has 2 aromatic rings. The van der Waals surface area contributed by atoms with Crippen LogP contribution in [0.1, 0.15) is 52.5 Å². The maximum atomic E-state index is 5.82. The van der Waals surface area contributed by atoms with Gasteiger partial charge in [-0.15, -0.1) is 12.4 Å². The molecule has 0 heterocycles. The highest BCUT2D eigenvalue weighted by molar-refractivity contribution is 7.80. The van der Waals surface area contributed by atoms with Gasteiger partial charge in [0.25, 0.3) is 0 Å². The van der Waals surface area contributed by atoms with Crippen LogP contribution >= 0.6 is 24.6 Å². The predicted molar refractivity (Wildman–Crippen MR) is 143 cm³/mol. The number of nitrogens with zero attached hydrogens (tertiary/aromatic N) is 1. The van der Waals surface area contributed by atoms with E-state index in [9.17, 15) is 0 Å². The third-order valence-corrected chi connectivity index (χ3v) is 5.24. The summed E-state index contributed by atoms with van der Waals surface area (Å²) in [5.41, 5.74) is 3.02. The van der Waals surface area contributed by atoms with E-state index in [1.165, 1.54) is 12.8 Å². The van der Waals surface area contributed by atoms with Crippen molar-refractivity contribution in [1.29, 1.82) is 0 Å². The van der Waals surface area contributed by atoms with Crippen molar-refractivity contribution in [2.75, 3.05) is 36.9 Å². The number of ether oxygens (including phenoxy) is 2. The lowest BCUT2D eigenvalue weighted by atomic mass is 10.1. The lowest BCUT2D eigenvalue weighted by Gasteiger charge is -2.21. The van der Waals surface area contributed by atoms with Crippen LogP contribution in [0.5, 0.6) is 11.5 Å². The molecule has 0 atom stereocenters. The Bertz CT molecular complexity index is 798. The normalized spacial score (nSPS) is 10.4. The summed E-state index contributed by atoms with van der Waals surface area (Å²) in [5, 5.41) is 7.08. The quantitative estimate of drug-likeness (QED) is 0.245. The highest BCUT2D eigenvalue weighted by atomic mass is 35.5. The number of halogens is 1. The Hall–Kier alpha value is -2.02. The van der Waals surface area contributed by atoms with Crippen molar-refractivity contribution in [1.82, 2.24) is 4.90 Å². The number of hydrogen-bond acceptors (Lipinski definition) is 4. The smallest absolute Gasteiger partial charge is 0.175 e. The zero-order valence-corrected chi connectivity index (χ0v) is 21.4. The summed E-state index contributed by atoms with van der Waals surface area (Å²) in [5.74, 6) is 1.81. The molecule has 0 saturated carbocycles. The molecule has 2 aromatic carbocycles. The van der Waals surface area contributed by atoms with Crippen molar-refractivity contribution in [3.8, 4) is 11.5 Å². The minimum Gasteiger partial charge on any atom is -0.494 e. The first kappa shape index (κ1) is 28.0. The molecular formula is C25H38ClN3O2S. The van der Waals surface area contributed by atoms with Gasteiger partial charge in [0, 0.05) is 23.5 Å². The van der Waals surface area contributed by atoms with E-state index in [1.54, 1.807) is 0 Å². The Morgan fingerprint density at radius 1 is 0.875 bits per heavy atom. The molecule has 0 aliphatic rings. The van der Waals surface area contributed by atoms with Gasteiger partial charge < -0.3 is 20.1 Å². The first-order valence-electron chi connectivity index (χ1n) is 11.4. The van der Waals surface area contributed by atoms with Crippen LogP contribution in [0.4, 0.5) is 11.4 Å². The summed E-state index contributed by atoms with van der Waals surface area (Å²) >= 11 is 5.52. The van der Waals surface area contributed by atoms with E-state index in [-0.39, 0.29) is 12.4 Å². The molecule has 0 fully saturated rings. The molecular weight excluding hydrogens is 442 g/mol. The van der Waals surface area contributed by atoms with E-state index >= 15 is 0 Å². The van der Waals surface area contributed by atoms with Crippen LogP contribution in [0.3, 0.4) is 0 Å². The molecule has 32 heavy (non-hydrogen) atoms. The Kier molecular flexibility index (Phi) is 13.8. The van der Waals surface area contributed by atoms with E-state index in [4.69, 9.17) is 21.7 Å². The third-order valence-electron chi connectivity index (χ3n) is 5.04. The fraction of sp³-hybridized carbons (Fsp3) is 0.480. The van der Waals surface area contributed by atoms with Crippen molar-refractivity contribution in [3.63, 3.8) is 0 Å². The zero-order chi connectivity index (χ0) is 22.5. The highest BCUT2D eigenvalue weighted by Crippen LogP contribution is 2.25.